The van der Waals surface area contributed by atoms with Crippen molar-refractivity contribution in [3.05, 3.63) is 11.7 Å². The highest BCUT2D eigenvalue weighted by Crippen LogP contribution is 2.20. The quantitative estimate of drug-likeness (QED) is 0.874. The van der Waals surface area contributed by atoms with Crippen LogP contribution in [0.3, 0.4) is 0 Å². The second kappa shape index (κ2) is 6.83. The number of nitrogens with zero attached hydrogens (tertiary/aromatic N) is 2. The molecule has 1 fully saturated rings. The molecule has 0 saturated carbocycles. The summed E-state index contributed by atoms with van der Waals surface area (Å²) in [5.74, 6) is 1.80. The van der Waals surface area contributed by atoms with Crippen LogP contribution in [0, 0.1) is 0 Å². The van der Waals surface area contributed by atoms with Crippen molar-refractivity contribution >= 4 is 12.4 Å². The third-order valence-corrected chi connectivity index (χ3v) is 2.58. The van der Waals surface area contributed by atoms with Crippen LogP contribution in [0.5, 0.6) is 0 Å². The van der Waals surface area contributed by atoms with E-state index in [1.54, 1.807) is 0 Å². The van der Waals surface area contributed by atoms with Crippen molar-refractivity contribution < 1.29 is 9.26 Å². The largest absolute Gasteiger partial charge is 0.372 e. The van der Waals surface area contributed by atoms with Gasteiger partial charge in [0.05, 0.1) is 0 Å². The highest BCUT2D eigenvalue weighted by Gasteiger charge is 2.20. The Morgan fingerprint density at radius 1 is 1.56 bits per heavy atom. The first-order valence-electron chi connectivity index (χ1n) is 5.51. The normalized spacial score (nSPS) is 20.4. The van der Waals surface area contributed by atoms with E-state index in [2.05, 4.69) is 15.5 Å². The average molecular weight is 248 g/mol. The molecule has 0 spiro atoms. The van der Waals surface area contributed by atoms with Crippen LogP contribution in [0.2, 0.25) is 0 Å². The third kappa shape index (κ3) is 3.43. The Labute approximate surface area is 101 Å². The van der Waals surface area contributed by atoms with Gasteiger partial charge in [0.25, 0.3) is 5.89 Å². The van der Waals surface area contributed by atoms with Crippen molar-refractivity contribution in [3.8, 4) is 0 Å². The second-order valence-corrected chi connectivity index (χ2v) is 3.73. The number of aromatic nitrogens is 2. The Morgan fingerprint density at radius 3 is 3.12 bits per heavy atom. The Bertz CT molecular complexity index is 300. The first-order chi connectivity index (χ1) is 7.40. The molecular weight excluding hydrogens is 230 g/mol. The zero-order chi connectivity index (χ0) is 10.5. The highest BCUT2D eigenvalue weighted by molar-refractivity contribution is 5.85. The van der Waals surface area contributed by atoms with Crippen LogP contribution in [0.25, 0.3) is 0 Å². The molecule has 1 aliphatic heterocycles. The lowest BCUT2D eigenvalue weighted by atomic mass is 9.99. The van der Waals surface area contributed by atoms with E-state index in [1.165, 1.54) is 6.42 Å². The van der Waals surface area contributed by atoms with E-state index in [-0.39, 0.29) is 12.4 Å². The minimum Gasteiger partial charge on any atom is -0.372 e. The summed E-state index contributed by atoms with van der Waals surface area (Å²) in [6, 6.07) is 0. The molecule has 1 unspecified atom stereocenters. The number of hydrogen-bond acceptors (Lipinski definition) is 5. The van der Waals surface area contributed by atoms with Gasteiger partial charge < -0.3 is 14.6 Å². The molecule has 0 aliphatic carbocycles. The van der Waals surface area contributed by atoms with Crippen LogP contribution in [-0.4, -0.2) is 29.8 Å². The SMILES string of the molecule is CCOCc1nc(C2CCCNC2)no1.Cl. The molecule has 0 bridgehead atoms. The van der Waals surface area contributed by atoms with E-state index < -0.39 is 0 Å². The lowest BCUT2D eigenvalue weighted by Crippen LogP contribution is -2.28. The molecule has 1 N–H and O–H groups in total. The summed E-state index contributed by atoms with van der Waals surface area (Å²) in [6.07, 6.45) is 2.32. The fraction of sp³-hybridized carbons (Fsp3) is 0.800. The second-order valence-electron chi connectivity index (χ2n) is 3.73. The molecule has 0 radical (unpaired) electrons. The summed E-state index contributed by atoms with van der Waals surface area (Å²) >= 11 is 0. The van der Waals surface area contributed by atoms with Crippen molar-refractivity contribution in [2.75, 3.05) is 19.7 Å². The Morgan fingerprint density at radius 2 is 2.44 bits per heavy atom. The van der Waals surface area contributed by atoms with Gasteiger partial charge >= 0.3 is 0 Å². The van der Waals surface area contributed by atoms with Gasteiger partial charge in [0.15, 0.2) is 5.82 Å². The number of piperidine rings is 1. The number of rotatable bonds is 4. The predicted molar refractivity (Wildman–Crippen MR) is 61.7 cm³/mol. The monoisotopic (exact) mass is 247 g/mol. The fourth-order valence-corrected chi connectivity index (χ4v) is 1.75. The van der Waals surface area contributed by atoms with Gasteiger partial charge in [-0.2, -0.15) is 4.98 Å². The van der Waals surface area contributed by atoms with Crippen molar-refractivity contribution in [3.63, 3.8) is 0 Å². The maximum absolute atomic E-state index is 5.21. The maximum atomic E-state index is 5.21. The van der Waals surface area contributed by atoms with E-state index in [1.807, 2.05) is 6.92 Å². The Hall–Kier alpha value is -0.650. The van der Waals surface area contributed by atoms with Gasteiger partial charge in [0.2, 0.25) is 0 Å². The molecular formula is C10H18ClN3O2. The maximum Gasteiger partial charge on any atom is 0.252 e. The van der Waals surface area contributed by atoms with Gasteiger partial charge in [-0.15, -0.1) is 12.4 Å². The van der Waals surface area contributed by atoms with Gasteiger partial charge in [-0.05, 0) is 26.3 Å². The minimum atomic E-state index is 0. The van der Waals surface area contributed by atoms with Gasteiger partial charge in [0, 0.05) is 19.1 Å². The summed E-state index contributed by atoms with van der Waals surface area (Å²) < 4.78 is 10.3. The minimum absolute atomic E-state index is 0. The molecule has 1 saturated heterocycles. The highest BCUT2D eigenvalue weighted by atomic mass is 35.5. The Balaban J connectivity index is 0.00000128. The first kappa shape index (κ1) is 13.4. The predicted octanol–water partition coefficient (Wildman–Crippen LogP) is 1.49. The molecule has 2 rings (SSSR count). The van der Waals surface area contributed by atoms with E-state index in [0.717, 1.165) is 25.3 Å². The van der Waals surface area contributed by atoms with E-state index >= 15 is 0 Å². The molecule has 5 nitrogen and oxygen atoms in total. The summed E-state index contributed by atoms with van der Waals surface area (Å²) in [4.78, 5) is 4.33. The van der Waals surface area contributed by atoms with Crippen LogP contribution >= 0.6 is 12.4 Å². The van der Waals surface area contributed by atoms with E-state index in [9.17, 15) is 0 Å². The molecule has 6 heteroatoms. The van der Waals surface area contributed by atoms with E-state index in [0.29, 0.717) is 25.0 Å². The standard InChI is InChI=1S/C10H17N3O2.ClH/c1-2-14-7-9-12-10(13-15-9)8-4-3-5-11-6-8;/h8,11H,2-7H2,1H3;1H. The molecule has 16 heavy (non-hydrogen) atoms. The average Bonchev–Trinajstić information content (AvgIpc) is 2.76. The van der Waals surface area contributed by atoms with Gasteiger partial charge in [-0.3, -0.25) is 0 Å². The van der Waals surface area contributed by atoms with Crippen LogP contribution in [0.15, 0.2) is 4.52 Å². The van der Waals surface area contributed by atoms with Crippen LogP contribution < -0.4 is 5.32 Å². The number of ether oxygens (including phenoxy) is 1. The van der Waals surface area contributed by atoms with Gasteiger partial charge in [-0.25, -0.2) is 0 Å². The molecule has 1 atom stereocenters. The lowest BCUT2D eigenvalue weighted by molar-refractivity contribution is 0.109. The summed E-state index contributed by atoms with van der Waals surface area (Å²) in [5.41, 5.74) is 0. The molecule has 0 amide bonds. The van der Waals surface area contributed by atoms with E-state index in [4.69, 9.17) is 9.26 Å². The van der Waals surface area contributed by atoms with Crippen molar-refractivity contribution in [2.45, 2.75) is 32.3 Å². The molecule has 2 heterocycles. The van der Waals surface area contributed by atoms with Gasteiger partial charge in [0.1, 0.15) is 6.61 Å². The Kier molecular flexibility index (Phi) is 5.73. The van der Waals surface area contributed by atoms with Gasteiger partial charge in [-0.1, -0.05) is 5.16 Å². The number of nitrogens with one attached hydrogen (secondary N) is 1. The van der Waals surface area contributed by atoms with Crippen molar-refractivity contribution in [1.82, 2.24) is 15.5 Å². The summed E-state index contributed by atoms with van der Waals surface area (Å²) in [7, 11) is 0. The van der Waals surface area contributed by atoms with Crippen LogP contribution in [-0.2, 0) is 11.3 Å². The first-order valence-corrected chi connectivity index (χ1v) is 5.51. The topological polar surface area (TPSA) is 60.2 Å². The molecule has 0 aromatic carbocycles. The van der Waals surface area contributed by atoms with Crippen LogP contribution in [0.1, 0.15) is 37.4 Å². The molecule has 1 aliphatic rings. The summed E-state index contributed by atoms with van der Waals surface area (Å²) in [5, 5.41) is 7.32. The molecule has 1 aromatic rings. The number of halogens is 1. The zero-order valence-corrected chi connectivity index (χ0v) is 10.3. The van der Waals surface area contributed by atoms with Crippen molar-refractivity contribution in [2.24, 2.45) is 0 Å². The molecule has 1 aromatic heterocycles. The number of hydrogen-bond donors (Lipinski definition) is 1. The molecule has 92 valence electrons. The van der Waals surface area contributed by atoms with Crippen molar-refractivity contribution in [1.29, 1.82) is 0 Å². The zero-order valence-electron chi connectivity index (χ0n) is 9.44. The lowest BCUT2D eigenvalue weighted by Gasteiger charge is -2.19. The fourth-order valence-electron chi connectivity index (χ4n) is 1.75. The van der Waals surface area contributed by atoms with Crippen LogP contribution in [0.4, 0.5) is 0 Å². The smallest absolute Gasteiger partial charge is 0.252 e. The third-order valence-electron chi connectivity index (χ3n) is 2.58. The summed E-state index contributed by atoms with van der Waals surface area (Å²) in [6.45, 7) is 5.09.